The first kappa shape index (κ1) is 11.9. The lowest BCUT2D eigenvalue weighted by atomic mass is 10.1. The van der Waals surface area contributed by atoms with Crippen LogP contribution in [0, 0.1) is 17.0 Å². The van der Waals surface area contributed by atoms with E-state index in [-0.39, 0.29) is 10.6 Å². The second kappa shape index (κ2) is 4.71. The summed E-state index contributed by atoms with van der Waals surface area (Å²) in [6, 6.07) is 5.64. The van der Waals surface area contributed by atoms with E-state index in [1.54, 1.807) is 12.1 Å². The van der Waals surface area contributed by atoms with Crippen LogP contribution < -0.4 is 10.2 Å². The number of nitro groups is 1. The smallest absolute Gasteiger partial charge is 0.292 e. The van der Waals surface area contributed by atoms with E-state index in [1.807, 2.05) is 13.0 Å². The van der Waals surface area contributed by atoms with Gasteiger partial charge in [0.25, 0.3) is 5.69 Å². The third-order valence-electron chi connectivity index (χ3n) is 3.04. The zero-order valence-electron chi connectivity index (χ0n) is 10.1. The molecule has 5 nitrogen and oxygen atoms in total. The Morgan fingerprint density at radius 3 is 2.94 bits per heavy atom. The van der Waals surface area contributed by atoms with Crippen LogP contribution in [-0.2, 0) is 0 Å². The van der Waals surface area contributed by atoms with Crippen LogP contribution in [0.3, 0.4) is 0 Å². The molecule has 5 heteroatoms. The highest BCUT2D eigenvalue weighted by molar-refractivity contribution is 5.64. The molecule has 0 radical (unpaired) electrons. The molecule has 0 bridgehead atoms. The monoisotopic (exact) mass is 235 g/mol. The fourth-order valence-electron chi connectivity index (χ4n) is 2.19. The summed E-state index contributed by atoms with van der Waals surface area (Å²) >= 11 is 0. The van der Waals surface area contributed by atoms with Crippen molar-refractivity contribution in [3.8, 4) is 0 Å². The van der Waals surface area contributed by atoms with Gasteiger partial charge in [-0.3, -0.25) is 10.1 Å². The summed E-state index contributed by atoms with van der Waals surface area (Å²) in [6.45, 7) is 6.54. The summed E-state index contributed by atoms with van der Waals surface area (Å²) in [5.41, 5.74) is 1.99. The van der Waals surface area contributed by atoms with Gasteiger partial charge in [0.15, 0.2) is 0 Å². The first-order chi connectivity index (χ1) is 8.08. The minimum absolute atomic E-state index is 0.199. The third-order valence-corrected chi connectivity index (χ3v) is 3.04. The Morgan fingerprint density at radius 1 is 1.53 bits per heavy atom. The lowest BCUT2D eigenvalue weighted by Gasteiger charge is -2.33. The summed E-state index contributed by atoms with van der Waals surface area (Å²) in [5.74, 6) is 0. The van der Waals surface area contributed by atoms with Gasteiger partial charge in [-0.1, -0.05) is 6.07 Å². The number of rotatable bonds is 2. The molecule has 1 aromatic carbocycles. The Kier molecular flexibility index (Phi) is 3.28. The van der Waals surface area contributed by atoms with Gasteiger partial charge >= 0.3 is 0 Å². The van der Waals surface area contributed by atoms with Crippen molar-refractivity contribution >= 4 is 11.4 Å². The quantitative estimate of drug-likeness (QED) is 0.626. The predicted molar refractivity (Wildman–Crippen MR) is 67.5 cm³/mol. The first-order valence-electron chi connectivity index (χ1n) is 5.81. The molecule has 17 heavy (non-hydrogen) atoms. The third kappa shape index (κ3) is 2.55. The van der Waals surface area contributed by atoms with E-state index in [4.69, 9.17) is 0 Å². The molecule has 1 N–H and O–H groups in total. The molecule has 2 rings (SSSR count). The Bertz CT molecular complexity index is 434. The molecule has 0 spiro atoms. The highest BCUT2D eigenvalue weighted by Gasteiger charge is 2.23. The maximum Gasteiger partial charge on any atom is 0.292 e. The van der Waals surface area contributed by atoms with Gasteiger partial charge in [-0.05, 0) is 25.5 Å². The number of hydrogen-bond acceptors (Lipinski definition) is 4. The molecular weight excluding hydrogens is 218 g/mol. The molecule has 1 aromatic rings. The van der Waals surface area contributed by atoms with Crippen LogP contribution in [0.1, 0.15) is 12.5 Å². The molecule has 0 saturated carbocycles. The van der Waals surface area contributed by atoms with E-state index in [2.05, 4.69) is 17.1 Å². The van der Waals surface area contributed by atoms with E-state index < -0.39 is 0 Å². The van der Waals surface area contributed by atoms with Crippen molar-refractivity contribution in [1.82, 2.24) is 5.32 Å². The van der Waals surface area contributed by atoms with Gasteiger partial charge in [0.1, 0.15) is 5.69 Å². The summed E-state index contributed by atoms with van der Waals surface area (Å²) in [7, 11) is 0. The fraction of sp³-hybridized carbons (Fsp3) is 0.500. The van der Waals surface area contributed by atoms with Crippen molar-refractivity contribution in [1.29, 1.82) is 0 Å². The van der Waals surface area contributed by atoms with Crippen LogP contribution >= 0.6 is 0 Å². The van der Waals surface area contributed by atoms with Crippen LogP contribution in [-0.4, -0.2) is 30.6 Å². The van der Waals surface area contributed by atoms with Gasteiger partial charge in [0.05, 0.1) is 4.92 Å². The number of nitrogens with one attached hydrogen (secondary N) is 1. The number of nitro benzene ring substituents is 1. The summed E-state index contributed by atoms with van der Waals surface area (Å²) in [5, 5.41) is 14.4. The molecule has 0 amide bonds. The maximum atomic E-state index is 11.0. The SMILES string of the molecule is Cc1ccc([N+](=O)[O-])c(N2CCN[C@H](C)C2)c1. The number of nitrogens with zero attached hydrogens (tertiary/aromatic N) is 2. The zero-order valence-corrected chi connectivity index (χ0v) is 10.1. The second-order valence-corrected chi connectivity index (χ2v) is 4.55. The summed E-state index contributed by atoms with van der Waals surface area (Å²) < 4.78 is 0. The lowest BCUT2D eigenvalue weighted by Crippen LogP contribution is -2.49. The molecule has 92 valence electrons. The molecule has 1 fully saturated rings. The maximum absolute atomic E-state index is 11.0. The lowest BCUT2D eigenvalue weighted by molar-refractivity contribution is -0.384. The van der Waals surface area contributed by atoms with Crippen LogP contribution in [0.2, 0.25) is 0 Å². The van der Waals surface area contributed by atoms with Crippen molar-refractivity contribution < 1.29 is 4.92 Å². The number of piperazine rings is 1. The average molecular weight is 235 g/mol. The summed E-state index contributed by atoms with van der Waals surface area (Å²) in [6.07, 6.45) is 0. The zero-order chi connectivity index (χ0) is 12.4. The Hall–Kier alpha value is -1.62. The van der Waals surface area contributed by atoms with Crippen molar-refractivity contribution in [2.45, 2.75) is 19.9 Å². The number of aryl methyl sites for hydroxylation is 1. The largest absolute Gasteiger partial charge is 0.363 e. The predicted octanol–water partition coefficient (Wildman–Crippen LogP) is 1.70. The molecule has 1 heterocycles. The van der Waals surface area contributed by atoms with E-state index in [0.29, 0.717) is 6.04 Å². The molecule has 1 atom stereocenters. The van der Waals surface area contributed by atoms with Crippen LogP contribution in [0.4, 0.5) is 11.4 Å². The number of hydrogen-bond donors (Lipinski definition) is 1. The first-order valence-corrected chi connectivity index (χ1v) is 5.81. The molecule has 1 aliphatic rings. The Morgan fingerprint density at radius 2 is 2.29 bits per heavy atom. The molecule has 1 aliphatic heterocycles. The van der Waals surface area contributed by atoms with Crippen molar-refractivity contribution in [2.75, 3.05) is 24.5 Å². The molecule has 1 saturated heterocycles. The highest BCUT2D eigenvalue weighted by Crippen LogP contribution is 2.29. The molecule has 0 aliphatic carbocycles. The van der Waals surface area contributed by atoms with Gasteiger partial charge in [-0.15, -0.1) is 0 Å². The van der Waals surface area contributed by atoms with Gasteiger partial charge in [0.2, 0.25) is 0 Å². The van der Waals surface area contributed by atoms with Crippen molar-refractivity contribution in [2.24, 2.45) is 0 Å². The standard InChI is InChI=1S/C12H17N3O2/c1-9-3-4-11(15(16)17)12(7-9)14-6-5-13-10(2)8-14/h3-4,7,10,13H,5-6,8H2,1-2H3/t10-/m1/s1. The number of benzene rings is 1. The van der Waals surface area contributed by atoms with Crippen LogP contribution in [0.5, 0.6) is 0 Å². The fourth-order valence-corrected chi connectivity index (χ4v) is 2.19. The van der Waals surface area contributed by atoms with Crippen LogP contribution in [0.25, 0.3) is 0 Å². The van der Waals surface area contributed by atoms with Crippen molar-refractivity contribution in [3.05, 3.63) is 33.9 Å². The van der Waals surface area contributed by atoms with E-state index in [9.17, 15) is 10.1 Å². The van der Waals surface area contributed by atoms with E-state index in [0.717, 1.165) is 30.9 Å². The molecule has 0 unspecified atom stereocenters. The van der Waals surface area contributed by atoms with Crippen molar-refractivity contribution in [3.63, 3.8) is 0 Å². The van der Waals surface area contributed by atoms with Gasteiger partial charge in [-0.25, -0.2) is 0 Å². The van der Waals surface area contributed by atoms with E-state index >= 15 is 0 Å². The number of anilines is 1. The minimum atomic E-state index is -0.304. The normalized spacial score (nSPS) is 20.4. The minimum Gasteiger partial charge on any atom is -0.363 e. The topological polar surface area (TPSA) is 58.4 Å². The Balaban J connectivity index is 2.35. The average Bonchev–Trinajstić information content (AvgIpc) is 2.28. The van der Waals surface area contributed by atoms with Gasteiger partial charge < -0.3 is 10.2 Å². The second-order valence-electron chi connectivity index (χ2n) is 4.55. The van der Waals surface area contributed by atoms with Crippen LogP contribution in [0.15, 0.2) is 18.2 Å². The Labute approximate surface area is 101 Å². The molecule has 0 aromatic heterocycles. The summed E-state index contributed by atoms with van der Waals surface area (Å²) in [4.78, 5) is 12.8. The molecular formula is C12H17N3O2. The highest BCUT2D eigenvalue weighted by atomic mass is 16.6. The van der Waals surface area contributed by atoms with Gasteiger partial charge in [-0.2, -0.15) is 0 Å². The van der Waals surface area contributed by atoms with Gasteiger partial charge in [0, 0.05) is 31.7 Å². The van der Waals surface area contributed by atoms with E-state index in [1.165, 1.54) is 0 Å².